The van der Waals surface area contributed by atoms with Crippen molar-refractivity contribution in [1.82, 2.24) is 4.90 Å². The fraction of sp³-hybridized carbons (Fsp3) is 0.562. The molecule has 0 unspecified atom stereocenters. The first kappa shape index (κ1) is 17.3. The van der Waals surface area contributed by atoms with Crippen molar-refractivity contribution in [2.75, 3.05) is 44.0 Å². The maximum atomic E-state index is 12.2. The summed E-state index contributed by atoms with van der Waals surface area (Å²) in [5.74, 6) is 0. The number of amides is 2. The van der Waals surface area contributed by atoms with E-state index in [2.05, 4.69) is 12.2 Å². The highest BCUT2D eigenvalue weighted by atomic mass is 16.3. The average molecular weight is 293 g/mol. The molecule has 0 saturated carbocycles. The van der Waals surface area contributed by atoms with Gasteiger partial charge in [0.05, 0.1) is 6.61 Å². The lowest BCUT2D eigenvalue weighted by Gasteiger charge is -2.22. The molecule has 118 valence electrons. The van der Waals surface area contributed by atoms with Crippen LogP contribution in [0.5, 0.6) is 0 Å². The Hall–Kier alpha value is -1.75. The fourth-order valence-electron chi connectivity index (χ4n) is 2.22. The number of hydrogen-bond donors (Lipinski definition) is 2. The van der Waals surface area contributed by atoms with Gasteiger partial charge in [-0.2, -0.15) is 0 Å². The molecule has 1 aromatic carbocycles. The number of aliphatic hydroxyl groups is 1. The number of benzene rings is 1. The van der Waals surface area contributed by atoms with Gasteiger partial charge >= 0.3 is 6.03 Å². The molecule has 0 aliphatic carbocycles. The Morgan fingerprint density at radius 2 is 2.00 bits per heavy atom. The summed E-state index contributed by atoms with van der Waals surface area (Å²) in [7, 11) is 3.99. The molecule has 1 aromatic rings. The van der Waals surface area contributed by atoms with Gasteiger partial charge in [0.15, 0.2) is 0 Å². The first-order valence-corrected chi connectivity index (χ1v) is 7.44. The van der Waals surface area contributed by atoms with E-state index in [1.54, 1.807) is 4.90 Å². The van der Waals surface area contributed by atoms with Crippen LogP contribution in [0.1, 0.15) is 25.3 Å². The maximum absolute atomic E-state index is 12.2. The van der Waals surface area contributed by atoms with E-state index in [0.29, 0.717) is 13.1 Å². The minimum Gasteiger partial charge on any atom is -0.395 e. The number of anilines is 2. The predicted molar refractivity (Wildman–Crippen MR) is 88.1 cm³/mol. The Morgan fingerprint density at radius 3 is 2.52 bits per heavy atom. The molecule has 1 rings (SSSR count). The quantitative estimate of drug-likeness (QED) is 0.812. The van der Waals surface area contributed by atoms with E-state index in [4.69, 9.17) is 5.11 Å². The number of carbonyl (C=O) groups excluding carboxylic acids is 1. The summed E-state index contributed by atoms with van der Waals surface area (Å²) in [6, 6.07) is 5.70. The van der Waals surface area contributed by atoms with Gasteiger partial charge in [-0.3, -0.25) is 0 Å². The van der Waals surface area contributed by atoms with Crippen LogP contribution in [-0.4, -0.2) is 49.8 Å². The molecule has 0 aliphatic heterocycles. The largest absolute Gasteiger partial charge is 0.395 e. The second-order valence-corrected chi connectivity index (χ2v) is 5.39. The maximum Gasteiger partial charge on any atom is 0.321 e. The molecule has 5 heteroatoms. The normalized spacial score (nSPS) is 10.3. The third-order valence-corrected chi connectivity index (χ3v) is 3.37. The van der Waals surface area contributed by atoms with E-state index in [0.717, 1.165) is 29.8 Å². The molecule has 2 amide bonds. The van der Waals surface area contributed by atoms with Crippen molar-refractivity contribution < 1.29 is 9.90 Å². The van der Waals surface area contributed by atoms with Crippen LogP contribution in [0.4, 0.5) is 16.2 Å². The van der Waals surface area contributed by atoms with Gasteiger partial charge in [-0.05, 0) is 37.1 Å². The summed E-state index contributed by atoms with van der Waals surface area (Å²) in [6.07, 6.45) is 1.96. The molecule has 0 radical (unpaired) electrons. The highest BCUT2D eigenvalue weighted by molar-refractivity contribution is 5.89. The minimum atomic E-state index is -0.158. The number of hydrogen-bond acceptors (Lipinski definition) is 3. The van der Waals surface area contributed by atoms with Gasteiger partial charge in [0.1, 0.15) is 0 Å². The second-order valence-electron chi connectivity index (χ2n) is 5.39. The lowest BCUT2D eigenvalue weighted by Crippen LogP contribution is -2.37. The molecular weight excluding hydrogens is 266 g/mol. The standard InChI is InChI=1S/C16H27N3O2/c1-5-6-9-19(10-11-20)16(21)17-14-7-8-15(18(3)4)13(2)12-14/h7-8,12,20H,5-6,9-11H2,1-4H3,(H,17,21). The van der Waals surface area contributed by atoms with Crippen LogP contribution in [0.15, 0.2) is 18.2 Å². The Bertz CT molecular complexity index is 461. The fourth-order valence-corrected chi connectivity index (χ4v) is 2.22. The molecule has 0 atom stereocenters. The van der Waals surface area contributed by atoms with Crippen molar-refractivity contribution in [2.24, 2.45) is 0 Å². The molecule has 0 bridgehead atoms. The lowest BCUT2D eigenvalue weighted by molar-refractivity contribution is 0.187. The van der Waals surface area contributed by atoms with Crippen molar-refractivity contribution in [3.63, 3.8) is 0 Å². The van der Waals surface area contributed by atoms with Gasteiger partial charge in [-0.1, -0.05) is 13.3 Å². The monoisotopic (exact) mass is 293 g/mol. The van der Waals surface area contributed by atoms with Crippen LogP contribution in [0, 0.1) is 6.92 Å². The van der Waals surface area contributed by atoms with Crippen molar-refractivity contribution in [2.45, 2.75) is 26.7 Å². The molecule has 21 heavy (non-hydrogen) atoms. The van der Waals surface area contributed by atoms with Gasteiger partial charge in [-0.15, -0.1) is 0 Å². The number of nitrogens with one attached hydrogen (secondary N) is 1. The third kappa shape index (κ3) is 5.27. The van der Waals surface area contributed by atoms with Crippen molar-refractivity contribution in [1.29, 1.82) is 0 Å². The Morgan fingerprint density at radius 1 is 1.29 bits per heavy atom. The van der Waals surface area contributed by atoms with Gasteiger partial charge in [0.25, 0.3) is 0 Å². The number of carbonyl (C=O) groups is 1. The zero-order valence-corrected chi connectivity index (χ0v) is 13.5. The van der Waals surface area contributed by atoms with Gasteiger partial charge in [0.2, 0.25) is 0 Å². The van der Waals surface area contributed by atoms with E-state index >= 15 is 0 Å². The summed E-state index contributed by atoms with van der Waals surface area (Å²) in [5.41, 5.74) is 3.02. The first-order valence-electron chi connectivity index (χ1n) is 7.44. The zero-order valence-electron chi connectivity index (χ0n) is 13.5. The second kappa shape index (κ2) is 8.52. The Balaban J connectivity index is 2.74. The summed E-state index contributed by atoms with van der Waals surface area (Å²) in [5, 5.41) is 12.0. The molecular formula is C16H27N3O2. The highest BCUT2D eigenvalue weighted by Crippen LogP contribution is 2.22. The molecule has 0 heterocycles. The predicted octanol–water partition coefficient (Wildman–Crippen LogP) is 2.69. The molecule has 0 aliphatic rings. The molecule has 0 spiro atoms. The van der Waals surface area contributed by atoms with Crippen LogP contribution in [0.2, 0.25) is 0 Å². The molecule has 0 saturated heterocycles. The number of urea groups is 1. The smallest absolute Gasteiger partial charge is 0.321 e. The van der Waals surface area contributed by atoms with Crippen molar-refractivity contribution in [3.05, 3.63) is 23.8 Å². The van der Waals surface area contributed by atoms with Gasteiger partial charge in [-0.25, -0.2) is 4.79 Å². The van der Waals surface area contributed by atoms with E-state index in [1.807, 2.05) is 44.1 Å². The van der Waals surface area contributed by atoms with E-state index < -0.39 is 0 Å². The SMILES string of the molecule is CCCCN(CCO)C(=O)Nc1ccc(N(C)C)c(C)c1. The van der Waals surface area contributed by atoms with Crippen LogP contribution in [0.3, 0.4) is 0 Å². The summed E-state index contributed by atoms with van der Waals surface area (Å²) >= 11 is 0. The molecule has 5 nitrogen and oxygen atoms in total. The lowest BCUT2D eigenvalue weighted by atomic mass is 10.1. The van der Waals surface area contributed by atoms with Gasteiger partial charge < -0.3 is 20.2 Å². The van der Waals surface area contributed by atoms with Crippen LogP contribution >= 0.6 is 0 Å². The number of nitrogens with zero attached hydrogens (tertiary/aromatic N) is 2. The number of unbranched alkanes of at least 4 members (excludes halogenated alkanes) is 1. The number of aliphatic hydroxyl groups excluding tert-OH is 1. The van der Waals surface area contributed by atoms with Crippen molar-refractivity contribution >= 4 is 17.4 Å². The van der Waals surface area contributed by atoms with Crippen molar-refractivity contribution in [3.8, 4) is 0 Å². The average Bonchev–Trinajstić information content (AvgIpc) is 2.43. The Labute approximate surface area is 127 Å². The Kier molecular flexibility index (Phi) is 7.02. The first-order chi connectivity index (χ1) is 9.99. The topological polar surface area (TPSA) is 55.8 Å². The van der Waals surface area contributed by atoms with Gasteiger partial charge in [0, 0.05) is 38.6 Å². The van der Waals surface area contributed by atoms with Crippen LogP contribution in [-0.2, 0) is 0 Å². The summed E-state index contributed by atoms with van der Waals surface area (Å²) in [4.78, 5) is 15.9. The molecule has 0 fully saturated rings. The van der Waals surface area contributed by atoms with E-state index in [-0.39, 0.29) is 12.6 Å². The van der Waals surface area contributed by atoms with E-state index in [1.165, 1.54) is 0 Å². The number of rotatable bonds is 7. The van der Waals surface area contributed by atoms with E-state index in [9.17, 15) is 4.79 Å². The van der Waals surface area contributed by atoms with Crippen LogP contribution < -0.4 is 10.2 Å². The minimum absolute atomic E-state index is 0.0181. The summed E-state index contributed by atoms with van der Waals surface area (Å²) in [6.45, 7) is 5.11. The molecule has 0 aromatic heterocycles. The zero-order chi connectivity index (χ0) is 15.8. The van der Waals surface area contributed by atoms with Crippen LogP contribution in [0.25, 0.3) is 0 Å². The number of aryl methyl sites for hydroxylation is 1. The molecule has 2 N–H and O–H groups in total. The summed E-state index contributed by atoms with van der Waals surface area (Å²) < 4.78 is 0. The third-order valence-electron chi connectivity index (χ3n) is 3.37. The highest BCUT2D eigenvalue weighted by Gasteiger charge is 2.13.